The zero-order valence-electron chi connectivity index (χ0n) is 20.3. The summed E-state index contributed by atoms with van der Waals surface area (Å²) in [7, 11) is 0. The molecular weight excluding hydrogens is 472 g/mol. The van der Waals surface area contributed by atoms with E-state index in [2.05, 4.69) is 15.5 Å². The Bertz CT molecular complexity index is 1170. The van der Waals surface area contributed by atoms with Crippen LogP contribution >= 0.6 is 23.1 Å². The molecule has 182 valence electrons. The lowest BCUT2D eigenvalue weighted by Gasteiger charge is -2.16. The summed E-state index contributed by atoms with van der Waals surface area (Å²) in [4.78, 5) is 26.0. The Morgan fingerprint density at radius 2 is 1.97 bits per heavy atom. The fourth-order valence-corrected chi connectivity index (χ4v) is 5.28. The molecule has 1 atom stereocenters. The molecule has 8 nitrogen and oxygen atoms in total. The highest BCUT2D eigenvalue weighted by Crippen LogP contribution is 2.33. The normalized spacial score (nSPS) is 11.8. The molecule has 0 radical (unpaired) electrons. The van der Waals surface area contributed by atoms with Gasteiger partial charge in [0.15, 0.2) is 17.1 Å². The van der Waals surface area contributed by atoms with Crippen molar-refractivity contribution >= 4 is 40.0 Å². The molecule has 0 saturated carbocycles. The summed E-state index contributed by atoms with van der Waals surface area (Å²) in [5.74, 6) is 0.939. The minimum atomic E-state index is -0.426. The first-order chi connectivity index (χ1) is 16.2. The standard InChI is InChI=1S/C24H30N4O4S2/c1-7-28-21(16(5)32-18-11-9-10-14(3)12-18)26-27-24(28)33-13-19(29)25-22-20(23(30)31-8-2)15(4)17(6)34-22/h9-12,16H,7-8,13H2,1-6H3,(H,25,29). The summed E-state index contributed by atoms with van der Waals surface area (Å²) >= 11 is 2.66. The number of rotatable bonds is 10. The van der Waals surface area contributed by atoms with Crippen LogP contribution in [0.2, 0.25) is 0 Å². The van der Waals surface area contributed by atoms with E-state index in [9.17, 15) is 9.59 Å². The molecule has 2 aromatic heterocycles. The number of esters is 1. The van der Waals surface area contributed by atoms with E-state index in [0.29, 0.717) is 28.1 Å². The number of nitrogens with one attached hydrogen (secondary N) is 1. The van der Waals surface area contributed by atoms with Crippen LogP contribution in [0.25, 0.3) is 0 Å². The number of aromatic nitrogens is 3. The topological polar surface area (TPSA) is 95.3 Å². The van der Waals surface area contributed by atoms with E-state index in [1.54, 1.807) is 6.92 Å². The van der Waals surface area contributed by atoms with Crippen LogP contribution in [0.3, 0.4) is 0 Å². The number of thiophene rings is 1. The van der Waals surface area contributed by atoms with Gasteiger partial charge in [0.25, 0.3) is 0 Å². The third-order valence-corrected chi connectivity index (χ3v) is 7.27. The summed E-state index contributed by atoms with van der Waals surface area (Å²) in [6, 6.07) is 7.85. The van der Waals surface area contributed by atoms with Crippen molar-refractivity contribution in [3.05, 3.63) is 51.7 Å². The smallest absolute Gasteiger partial charge is 0.341 e. The largest absolute Gasteiger partial charge is 0.483 e. The summed E-state index contributed by atoms with van der Waals surface area (Å²) in [5.41, 5.74) is 2.36. The van der Waals surface area contributed by atoms with Gasteiger partial charge in [0, 0.05) is 11.4 Å². The van der Waals surface area contributed by atoms with Crippen molar-refractivity contribution < 1.29 is 19.1 Å². The quantitative estimate of drug-likeness (QED) is 0.296. The highest BCUT2D eigenvalue weighted by molar-refractivity contribution is 7.99. The number of thioether (sulfide) groups is 1. The Kier molecular flexibility index (Phi) is 8.73. The van der Waals surface area contributed by atoms with Gasteiger partial charge in [-0.3, -0.25) is 4.79 Å². The van der Waals surface area contributed by atoms with Gasteiger partial charge in [-0.15, -0.1) is 21.5 Å². The molecule has 0 bridgehead atoms. The zero-order valence-corrected chi connectivity index (χ0v) is 21.9. The molecule has 3 rings (SSSR count). The number of nitrogens with zero attached hydrogens (tertiary/aromatic N) is 3. The van der Waals surface area contributed by atoms with Gasteiger partial charge >= 0.3 is 5.97 Å². The summed E-state index contributed by atoms with van der Waals surface area (Å²) in [6.45, 7) is 12.4. The van der Waals surface area contributed by atoms with E-state index in [0.717, 1.165) is 21.8 Å². The van der Waals surface area contributed by atoms with Crippen LogP contribution in [0.4, 0.5) is 5.00 Å². The second kappa shape index (κ2) is 11.5. The van der Waals surface area contributed by atoms with Crippen molar-refractivity contribution in [3.63, 3.8) is 0 Å². The third kappa shape index (κ3) is 5.98. The van der Waals surface area contributed by atoms with Crippen molar-refractivity contribution in [2.24, 2.45) is 0 Å². The molecular formula is C24H30N4O4S2. The molecule has 1 amide bonds. The van der Waals surface area contributed by atoms with Gasteiger partial charge in [0.1, 0.15) is 10.8 Å². The van der Waals surface area contributed by atoms with E-state index in [1.807, 2.05) is 63.5 Å². The molecule has 2 heterocycles. The van der Waals surface area contributed by atoms with Crippen LogP contribution < -0.4 is 10.1 Å². The number of carbonyl (C=O) groups is 2. The lowest BCUT2D eigenvalue weighted by Crippen LogP contribution is -2.17. The van der Waals surface area contributed by atoms with Crippen molar-refractivity contribution in [2.75, 3.05) is 17.7 Å². The number of hydrogen-bond donors (Lipinski definition) is 1. The maximum absolute atomic E-state index is 12.7. The van der Waals surface area contributed by atoms with Crippen molar-refractivity contribution in [3.8, 4) is 5.75 Å². The van der Waals surface area contributed by atoms with E-state index >= 15 is 0 Å². The van der Waals surface area contributed by atoms with Crippen LogP contribution in [0.5, 0.6) is 5.75 Å². The molecule has 10 heteroatoms. The van der Waals surface area contributed by atoms with E-state index < -0.39 is 5.97 Å². The molecule has 0 aliphatic rings. The number of hydrogen-bond acceptors (Lipinski definition) is 8. The van der Waals surface area contributed by atoms with E-state index in [4.69, 9.17) is 9.47 Å². The Labute approximate surface area is 208 Å². The number of aryl methyl sites for hydroxylation is 2. The number of ether oxygens (including phenoxy) is 2. The van der Waals surface area contributed by atoms with Gasteiger partial charge in [0.2, 0.25) is 5.91 Å². The summed E-state index contributed by atoms with van der Waals surface area (Å²) < 4.78 is 13.2. The fourth-order valence-electron chi connectivity index (χ4n) is 3.41. The first kappa shape index (κ1) is 25.8. The second-order valence-corrected chi connectivity index (χ2v) is 9.87. The molecule has 0 aliphatic carbocycles. The van der Waals surface area contributed by atoms with Gasteiger partial charge in [-0.25, -0.2) is 4.79 Å². The van der Waals surface area contributed by atoms with Crippen molar-refractivity contribution in [1.29, 1.82) is 0 Å². The molecule has 0 fully saturated rings. The summed E-state index contributed by atoms with van der Waals surface area (Å²) in [5, 5.41) is 12.6. The Morgan fingerprint density at radius 1 is 1.21 bits per heavy atom. The first-order valence-corrected chi connectivity index (χ1v) is 12.9. The second-order valence-electron chi connectivity index (χ2n) is 7.71. The van der Waals surface area contributed by atoms with E-state index in [-0.39, 0.29) is 24.4 Å². The Balaban J connectivity index is 1.67. The molecule has 0 spiro atoms. The minimum Gasteiger partial charge on any atom is -0.483 e. The third-order valence-electron chi connectivity index (χ3n) is 5.18. The highest BCUT2D eigenvalue weighted by Gasteiger charge is 2.23. The monoisotopic (exact) mass is 502 g/mol. The van der Waals surface area contributed by atoms with Crippen LogP contribution in [0, 0.1) is 20.8 Å². The number of amides is 1. The SMILES string of the molecule is CCOC(=O)c1c(NC(=O)CSc2nnc(C(C)Oc3cccc(C)c3)n2CC)sc(C)c1C. The number of carbonyl (C=O) groups excluding carboxylic acids is 2. The molecule has 1 N–H and O–H groups in total. The lowest BCUT2D eigenvalue weighted by molar-refractivity contribution is -0.113. The van der Waals surface area contributed by atoms with Gasteiger partial charge in [-0.1, -0.05) is 23.9 Å². The van der Waals surface area contributed by atoms with Gasteiger partial charge in [-0.2, -0.15) is 0 Å². The van der Waals surface area contributed by atoms with Crippen LogP contribution in [-0.4, -0.2) is 39.0 Å². The van der Waals surface area contributed by atoms with E-state index in [1.165, 1.54) is 23.1 Å². The van der Waals surface area contributed by atoms with Crippen LogP contribution in [0.15, 0.2) is 29.4 Å². The number of anilines is 1. The van der Waals surface area contributed by atoms with Crippen LogP contribution in [0.1, 0.15) is 59.1 Å². The highest BCUT2D eigenvalue weighted by atomic mass is 32.2. The van der Waals surface area contributed by atoms with Gasteiger partial charge in [0.05, 0.1) is 17.9 Å². The molecule has 34 heavy (non-hydrogen) atoms. The lowest BCUT2D eigenvalue weighted by atomic mass is 10.1. The Hall–Kier alpha value is -2.85. The minimum absolute atomic E-state index is 0.128. The number of benzene rings is 1. The predicted octanol–water partition coefficient (Wildman–Crippen LogP) is 5.33. The first-order valence-electron chi connectivity index (χ1n) is 11.1. The molecule has 1 aromatic carbocycles. The maximum Gasteiger partial charge on any atom is 0.341 e. The molecule has 0 aliphatic heterocycles. The van der Waals surface area contributed by atoms with Gasteiger partial charge in [-0.05, 0) is 64.8 Å². The van der Waals surface area contributed by atoms with Crippen LogP contribution in [-0.2, 0) is 16.1 Å². The average molecular weight is 503 g/mol. The molecule has 1 unspecified atom stereocenters. The predicted molar refractivity (Wildman–Crippen MR) is 135 cm³/mol. The van der Waals surface area contributed by atoms with Gasteiger partial charge < -0.3 is 19.4 Å². The Morgan fingerprint density at radius 3 is 2.65 bits per heavy atom. The van der Waals surface area contributed by atoms with Crippen molar-refractivity contribution in [1.82, 2.24) is 14.8 Å². The fraction of sp³-hybridized carbons (Fsp3) is 0.417. The molecule has 0 saturated heterocycles. The summed E-state index contributed by atoms with van der Waals surface area (Å²) in [6.07, 6.45) is -0.304. The average Bonchev–Trinajstić information content (AvgIpc) is 3.32. The van der Waals surface area contributed by atoms with Crippen molar-refractivity contribution in [2.45, 2.75) is 59.3 Å². The zero-order chi connectivity index (χ0) is 24.8. The maximum atomic E-state index is 12.7. The molecule has 3 aromatic rings.